The van der Waals surface area contributed by atoms with E-state index in [0.717, 1.165) is 29.5 Å². The second-order valence-corrected chi connectivity index (χ2v) is 11.4. The number of sulfonamides is 1. The molecular formula is C26H30N2O3S2. The third kappa shape index (κ3) is 5.05. The molecule has 1 unspecified atom stereocenters. The van der Waals surface area contributed by atoms with Crippen LogP contribution in [-0.2, 0) is 21.2 Å². The van der Waals surface area contributed by atoms with Crippen molar-refractivity contribution in [2.45, 2.75) is 44.0 Å². The smallest absolute Gasteiger partial charge is 0.243 e. The van der Waals surface area contributed by atoms with Crippen LogP contribution in [0.25, 0.3) is 0 Å². The normalized spacial score (nSPS) is 16.1. The van der Waals surface area contributed by atoms with Crippen molar-refractivity contribution in [3.8, 4) is 0 Å². The maximum absolute atomic E-state index is 13.6. The van der Waals surface area contributed by atoms with Crippen molar-refractivity contribution in [2.24, 2.45) is 0 Å². The first kappa shape index (κ1) is 23.7. The Bertz CT molecular complexity index is 1190. The van der Waals surface area contributed by atoms with Gasteiger partial charge in [-0.15, -0.1) is 11.3 Å². The number of benzene rings is 2. The molecule has 0 N–H and O–H groups in total. The quantitative estimate of drug-likeness (QED) is 0.453. The largest absolute Gasteiger partial charge is 0.330 e. The van der Waals surface area contributed by atoms with Crippen molar-refractivity contribution >= 4 is 27.3 Å². The summed E-state index contributed by atoms with van der Waals surface area (Å²) in [6, 6.07) is 18.7. The summed E-state index contributed by atoms with van der Waals surface area (Å²) in [7, 11) is -3.77. The number of carbonyl (C=O) groups is 1. The third-order valence-electron chi connectivity index (χ3n) is 6.13. The average Bonchev–Trinajstić information content (AvgIpc) is 3.30. The lowest BCUT2D eigenvalue weighted by Crippen LogP contribution is -2.47. The van der Waals surface area contributed by atoms with Gasteiger partial charge in [0.05, 0.1) is 17.5 Å². The molecule has 2 heterocycles. The molecule has 0 aliphatic carbocycles. The molecule has 0 saturated heterocycles. The molecule has 1 atom stereocenters. The fourth-order valence-corrected chi connectivity index (χ4v) is 6.63. The first-order valence-corrected chi connectivity index (χ1v) is 13.7. The summed E-state index contributed by atoms with van der Waals surface area (Å²) in [6.45, 7) is 4.70. The van der Waals surface area contributed by atoms with Crippen LogP contribution in [0.2, 0.25) is 0 Å². The van der Waals surface area contributed by atoms with Gasteiger partial charge in [-0.25, -0.2) is 8.42 Å². The number of hydrogen-bond donors (Lipinski definition) is 0. The van der Waals surface area contributed by atoms with Crippen molar-refractivity contribution in [3.63, 3.8) is 0 Å². The predicted octanol–water partition coefficient (Wildman–Crippen LogP) is 5.02. The number of rotatable bonds is 8. The van der Waals surface area contributed by atoms with Crippen LogP contribution >= 0.6 is 11.3 Å². The molecule has 1 aromatic heterocycles. The zero-order valence-electron chi connectivity index (χ0n) is 19.1. The van der Waals surface area contributed by atoms with Crippen LogP contribution in [-0.4, -0.2) is 43.2 Å². The summed E-state index contributed by atoms with van der Waals surface area (Å²) >= 11 is 1.72. The summed E-state index contributed by atoms with van der Waals surface area (Å²) in [5.74, 6) is -0.160. The van der Waals surface area contributed by atoms with Gasteiger partial charge in [0.25, 0.3) is 0 Å². The fourth-order valence-electron chi connectivity index (χ4n) is 4.30. The topological polar surface area (TPSA) is 57.7 Å². The first-order valence-electron chi connectivity index (χ1n) is 11.4. The van der Waals surface area contributed by atoms with E-state index >= 15 is 0 Å². The van der Waals surface area contributed by atoms with E-state index in [1.165, 1.54) is 9.18 Å². The molecule has 5 nitrogen and oxygen atoms in total. The number of fused-ring (bicyclic) bond motifs is 1. The highest BCUT2D eigenvalue weighted by atomic mass is 32.2. The molecule has 0 fully saturated rings. The molecule has 33 heavy (non-hydrogen) atoms. The fraction of sp³-hybridized carbons (Fsp3) is 0.346. The molecule has 0 radical (unpaired) electrons. The monoisotopic (exact) mass is 482 g/mol. The van der Waals surface area contributed by atoms with E-state index in [1.54, 1.807) is 35.6 Å². The van der Waals surface area contributed by atoms with Gasteiger partial charge in [-0.2, -0.15) is 4.31 Å². The predicted molar refractivity (Wildman–Crippen MR) is 133 cm³/mol. The molecule has 1 aliphatic heterocycles. The molecule has 174 valence electrons. The average molecular weight is 483 g/mol. The Hall–Kier alpha value is -2.48. The zero-order chi connectivity index (χ0) is 23.4. The number of nitrogens with zero attached hydrogens (tertiary/aromatic N) is 2. The lowest BCUT2D eigenvalue weighted by Gasteiger charge is -2.37. The van der Waals surface area contributed by atoms with Crippen molar-refractivity contribution < 1.29 is 13.2 Å². The van der Waals surface area contributed by atoms with Gasteiger partial charge >= 0.3 is 0 Å². The second kappa shape index (κ2) is 10.2. The molecule has 7 heteroatoms. The molecule has 4 rings (SSSR count). The minimum atomic E-state index is -3.77. The van der Waals surface area contributed by atoms with Crippen molar-refractivity contribution in [1.29, 1.82) is 0 Å². The highest BCUT2D eigenvalue weighted by molar-refractivity contribution is 7.89. The second-order valence-electron chi connectivity index (χ2n) is 8.45. The van der Waals surface area contributed by atoms with Crippen LogP contribution in [0, 0.1) is 6.92 Å². The van der Waals surface area contributed by atoms with Crippen LogP contribution < -0.4 is 0 Å². The number of amides is 1. The summed E-state index contributed by atoms with van der Waals surface area (Å²) in [4.78, 5) is 17.0. The Kier molecular flexibility index (Phi) is 7.32. The van der Waals surface area contributed by atoms with E-state index in [0.29, 0.717) is 19.5 Å². The number of aryl methyl sites for hydroxylation is 1. The van der Waals surface area contributed by atoms with E-state index in [-0.39, 0.29) is 23.4 Å². The SMILES string of the molecule is CCCCN(CC(=O)N1CCc2sccc2C1c1ccccc1)S(=O)(=O)c1ccc(C)cc1. The van der Waals surface area contributed by atoms with Gasteiger partial charge in [-0.3, -0.25) is 4.79 Å². The van der Waals surface area contributed by atoms with E-state index < -0.39 is 10.0 Å². The van der Waals surface area contributed by atoms with Gasteiger partial charge in [0.15, 0.2) is 0 Å². The maximum Gasteiger partial charge on any atom is 0.243 e. The molecule has 0 bridgehead atoms. The Balaban J connectivity index is 1.64. The Morgan fingerprint density at radius 3 is 2.52 bits per heavy atom. The van der Waals surface area contributed by atoms with E-state index in [1.807, 2.05) is 49.1 Å². The Morgan fingerprint density at radius 1 is 1.09 bits per heavy atom. The highest BCUT2D eigenvalue weighted by Gasteiger charge is 2.35. The van der Waals surface area contributed by atoms with Crippen LogP contribution in [0.1, 0.15) is 47.4 Å². The van der Waals surface area contributed by atoms with Crippen LogP contribution in [0.15, 0.2) is 70.9 Å². The first-order chi connectivity index (χ1) is 15.9. The van der Waals surface area contributed by atoms with Crippen LogP contribution in [0.4, 0.5) is 0 Å². The maximum atomic E-state index is 13.6. The Morgan fingerprint density at radius 2 is 1.82 bits per heavy atom. The Labute approximate surface area is 200 Å². The van der Waals surface area contributed by atoms with Crippen LogP contribution in [0.3, 0.4) is 0 Å². The molecule has 1 amide bonds. The highest BCUT2D eigenvalue weighted by Crippen LogP contribution is 2.38. The molecule has 0 saturated carbocycles. The molecule has 1 aliphatic rings. The minimum absolute atomic E-state index is 0.154. The number of carbonyl (C=O) groups excluding carboxylic acids is 1. The van der Waals surface area contributed by atoms with Crippen molar-refractivity contribution in [2.75, 3.05) is 19.6 Å². The molecular weight excluding hydrogens is 452 g/mol. The third-order valence-corrected chi connectivity index (χ3v) is 8.99. The number of hydrogen-bond acceptors (Lipinski definition) is 4. The van der Waals surface area contributed by atoms with Gasteiger partial charge < -0.3 is 4.90 Å². The van der Waals surface area contributed by atoms with E-state index in [4.69, 9.17) is 0 Å². The van der Waals surface area contributed by atoms with Gasteiger partial charge in [0, 0.05) is 18.0 Å². The van der Waals surface area contributed by atoms with Crippen LogP contribution in [0.5, 0.6) is 0 Å². The number of thiophene rings is 1. The van der Waals surface area contributed by atoms with Gasteiger partial charge in [0.2, 0.25) is 15.9 Å². The molecule has 0 spiro atoms. The van der Waals surface area contributed by atoms with Gasteiger partial charge in [-0.1, -0.05) is 61.4 Å². The number of unbranched alkanes of at least 4 members (excludes halogenated alkanes) is 1. The van der Waals surface area contributed by atoms with Gasteiger partial charge in [-0.05, 0) is 54.5 Å². The zero-order valence-corrected chi connectivity index (χ0v) is 20.7. The van der Waals surface area contributed by atoms with Gasteiger partial charge in [0.1, 0.15) is 0 Å². The summed E-state index contributed by atoms with van der Waals surface area (Å²) in [5.41, 5.74) is 3.19. The minimum Gasteiger partial charge on any atom is -0.330 e. The summed E-state index contributed by atoms with van der Waals surface area (Å²) in [5, 5.41) is 2.07. The summed E-state index contributed by atoms with van der Waals surface area (Å²) < 4.78 is 28.2. The standard InChI is InChI=1S/C26H30N2O3S2/c1-3-4-16-27(33(30,31)22-12-10-20(2)11-13-22)19-25(29)28-17-14-24-23(15-18-32-24)26(28)21-8-6-5-7-9-21/h5-13,15,18,26H,3-4,14,16-17,19H2,1-2H3. The molecule has 2 aromatic carbocycles. The van der Waals surface area contributed by atoms with Crippen molar-refractivity contribution in [1.82, 2.24) is 9.21 Å². The lowest BCUT2D eigenvalue weighted by molar-refractivity contribution is -0.133. The van der Waals surface area contributed by atoms with E-state index in [9.17, 15) is 13.2 Å². The van der Waals surface area contributed by atoms with E-state index in [2.05, 4.69) is 11.4 Å². The molecule has 3 aromatic rings. The lowest BCUT2D eigenvalue weighted by atomic mass is 9.93. The van der Waals surface area contributed by atoms with Crippen molar-refractivity contribution in [3.05, 3.63) is 87.6 Å². The summed E-state index contributed by atoms with van der Waals surface area (Å²) in [6.07, 6.45) is 2.35.